The Morgan fingerprint density at radius 3 is 2.61 bits per heavy atom. The number of nitrogens with zero attached hydrogens (tertiary/aromatic N) is 5. The Bertz CT molecular complexity index is 1040. The van der Waals surface area contributed by atoms with Crippen LogP contribution in [0.15, 0.2) is 42.6 Å². The van der Waals surface area contributed by atoms with Crippen LogP contribution < -0.4 is 16.0 Å². The zero-order valence-electron chi connectivity index (χ0n) is 16.5. The lowest BCUT2D eigenvalue weighted by Gasteiger charge is -2.27. The van der Waals surface area contributed by atoms with Crippen molar-refractivity contribution >= 4 is 29.4 Å². The Hall–Kier alpha value is -3.86. The van der Waals surface area contributed by atoms with Gasteiger partial charge in [0, 0.05) is 25.0 Å². The lowest BCUT2D eigenvalue weighted by molar-refractivity contribution is 0.0461. The summed E-state index contributed by atoms with van der Waals surface area (Å²) in [7, 11) is 0. The van der Waals surface area contributed by atoms with E-state index < -0.39 is 5.97 Å². The molecule has 0 unspecified atom stereocenters. The number of hydrogen-bond acceptors (Lipinski definition) is 10. The van der Waals surface area contributed by atoms with E-state index in [0.29, 0.717) is 24.5 Å². The molecule has 4 rings (SSSR count). The van der Waals surface area contributed by atoms with Gasteiger partial charge in [-0.25, -0.2) is 14.2 Å². The van der Waals surface area contributed by atoms with Gasteiger partial charge >= 0.3 is 5.97 Å². The number of pyridine rings is 1. The van der Waals surface area contributed by atoms with Crippen molar-refractivity contribution < 1.29 is 18.7 Å². The normalized spacial score (nSPS) is 13.6. The van der Waals surface area contributed by atoms with E-state index in [9.17, 15) is 9.18 Å². The van der Waals surface area contributed by atoms with Crippen LogP contribution in [0.1, 0.15) is 16.2 Å². The first-order valence-electron chi connectivity index (χ1n) is 9.56. The van der Waals surface area contributed by atoms with E-state index in [1.165, 1.54) is 30.5 Å². The van der Waals surface area contributed by atoms with Crippen molar-refractivity contribution in [3.05, 3.63) is 59.8 Å². The van der Waals surface area contributed by atoms with Gasteiger partial charge in [-0.05, 0) is 36.4 Å². The molecule has 1 saturated heterocycles. The van der Waals surface area contributed by atoms with Gasteiger partial charge in [-0.15, -0.1) is 0 Å². The maximum Gasteiger partial charge on any atom is 0.340 e. The Morgan fingerprint density at radius 1 is 1.13 bits per heavy atom. The summed E-state index contributed by atoms with van der Waals surface area (Å²) in [6.45, 7) is 2.61. The van der Waals surface area contributed by atoms with E-state index in [4.69, 9.17) is 15.2 Å². The monoisotopic (exact) mass is 425 g/mol. The molecule has 1 fully saturated rings. The topological polar surface area (TPSA) is 128 Å². The van der Waals surface area contributed by atoms with Gasteiger partial charge in [-0.2, -0.15) is 15.0 Å². The minimum atomic E-state index is -0.562. The number of nitrogen functional groups attached to an aromatic ring is 1. The van der Waals surface area contributed by atoms with Gasteiger partial charge in [0.1, 0.15) is 11.6 Å². The summed E-state index contributed by atoms with van der Waals surface area (Å²) >= 11 is 0. The first-order chi connectivity index (χ1) is 15.1. The van der Waals surface area contributed by atoms with Crippen molar-refractivity contribution in [3.63, 3.8) is 0 Å². The first-order valence-corrected chi connectivity index (χ1v) is 9.56. The van der Waals surface area contributed by atoms with Crippen molar-refractivity contribution in [2.24, 2.45) is 0 Å². The van der Waals surface area contributed by atoms with E-state index in [1.54, 1.807) is 12.1 Å². The van der Waals surface area contributed by atoms with Crippen molar-refractivity contribution in [2.45, 2.75) is 6.61 Å². The number of carbonyl (C=O) groups is 1. The Kier molecular flexibility index (Phi) is 6.13. The zero-order valence-corrected chi connectivity index (χ0v) is 16.5. The fraction of sp³-hybridized carbons (Fsp3) is 0.250. The molecule has 0 bridgehead atoms. The molecule has 3 N–H and O–H groups in total. The van der Waals surface area contributed by atoms with Crippen LogP contribution in [0.2, 0.25) is 0 Å². The predicted molar refractivity (Wildman–Crippen MR) is 110 cm³/mol. The second-order valence-corrected chi connectivity index (χ2v) is 6.65. The van der Waals surface area contributed by atoms with E-state index in [0.717, 1.165) is 18.9 Å². The molecule has 2 aromatic heterocycles. The summed E-state index contributed by atoms with van der Waals surface area (Å²) in [5.74, 6) is 0.141. The highest BCUT2D eigenvalue weighted by Gasteiger charge is 2.15. The number of carbonyl (C=O) groups excluding carboxylic acids is 1. The third kappa shape index (κ3) is 5.39. The SMILES string of the molecule is Nc1nc(COC(=O)c2ccc(N3CCOCC3)nc2)nc(Nc2ccc(F)cc2)n1. The van der Waals surface area contributed by atoms with Gasteiger partial charge in [0.25, 0.3) is 0 Å². The quantitative estimate of drug-likeness (QED) is 0.565. The Balaban J connectivity index is 1.37. The molecular formula is C20H20FN7O3. The van der Waals surface area contributed by atoms with Gasteiger partial charge in [0.15, 0.2) is 12.4 Å². The molecule has 1 aliphatic heterocycles. The van der Waals surface area contributed by atoms with Crippen LogP contribution in [0.4, 0.5) is 27.8 Å². The summed E-state index contributed by atoms with van der Waals surface area (Å²) < 4.78 is 23.6. The maximum absolute atomic E-state index is 13.0. The van der Waals surface area contributed by atoms with Gasteiger partial charge in [0.05, 0.1) is 18.8 Å². The molecular weight excluding hydrogens is 405 g/mol. The highest BCUT2D eigenvalue weighted by molar-refractivity contribution is 5.89. The molecule has 1 aliphatic rings. The zero-order chi connectivity index (χ0) is 21.6. The molecule has 160 valence electrons. The molecule has 0 amide bonds. The molecule has 3 aromatic rings. The number of aromatic nitrogens is 4. The van der Waals surface area contributed by atoms with Gasteiger partial charge in [-0.1, -0.05) is 0 Å². The van der Waals surface area contributed by atoms with Crippen LogP contribution in [-0.4, -0.2) is 52.2 Å². The minimum absolute atomic E-state index is 0.0396. The largest absolute Gasteiger partial charge is 0.454 e. The minimum Gasteiger partial charge on any atom is -0.454 e. The average Bonchev–Trinajstić information content (AvgIpc) is 2.79. The van der Waals surface area contributed by atoms with Crippen LogP contribution in [0.3, 0.4) is 0 Å². The van der Waals surface area contributed by atoms with Crippen LogP contribution >= 0.6 is 0 Å². The number of rotatable bonds is 6. The van der Waals surface area contributed by atoms with Crippen molar-refractivity contribution in [1.29, 1.82) is 0 Å². The van der Waals surface area contributed by atoms with Crippen molar-refractivity contribution in [2.75, 3.05) is 42.3 Å². The van der Waals surface area contributed by atoms with E-state index in [2.05, 4.69) is 30.2 Å². The van der Waals surface area contributed by atoms with Crippen LogP contribution in [0.25, 0.3) is 0 Å². The van der Waals surface area contributed by atoms with Gasteiger partial charge in [-0.3, -0.25) is 0 Å². The smallest absolute Gasteiger partial charge is 0.340 e. The predicted octanol–water partition coefficient (Wildman–Crippen LogP) is 1.93. The molecule has 0 atom stereocenters. The molecule has 1 aromatic carbocycles. The number of morpholine rings is 1. The molecule has 0 radical (unpaired) electrons. The summed E-state index contributed by atoms with van der Waals surface area (Å²) in [5.41, 5.74) is 6.60. The maximum atomic E-state index is 13.0. The summed E-state index contributed by atoms with van der Waals surface area (Å²) in [4.78, 5) is 30.9. The van der Waals surface area contributed by atoms with E-state index in [1.807, 2.05) is 0 Å². The number of benzene rings is 1. The summed E-state index contributed by atoms with van der Waals surface area (Å²) in [5, 5.41) is 2.90. The van der Waals surface area contributed by atoms with Crippen molar-refractivity contribution in [3.8, 4) is 0 Å². The number of nitrogens with two attached hydrogens (primary N) is 1. The summed E-state index contributed by atoms with van der Waals surface area (Å²) in [6.07, 6.45) is 1.47. The standard InChI is InChI=1S/C20H20FN7O3/c21-14-2-4-15(5-3-14)24-20-26-16(25-19(22)27-20)12-31-18(29)13-1-6-17(23-11-13)28-7-9-30-10-8-28/h1-6,11H,7-10,12H2,(H3,22,24,25,26,27). The molecule has 3 heterocycles. The lowest BCUT2D eigenvalue weighted by atomic mass is 10.2. The van der Waals surface area contributed by atoms with Crippen LogP contribution in [0, 0.1) is 5.82 Å². The Labute approximate surface area is 177 Å². The fourth-order valence-electron chi connectivity index (χ4n) is 2.92. The molecule has 11 heteroatoms. The third-order valence-electron chi connectivity index (χ3n) is 4.45. The molecule has 0 spiro atoms. The highest BCUT2D eigenvalue weighted by Crippen LogP contribution is 2.16. The van der Waals surface area contributed by atoms with Gasteiger partial charge < -0.3 is 25.4 Å². The fourth-order valence-corrected chi connectivity index (χ4v) is 2.92. The van der Waals surface area contributed by atoms with Crippen LogP contribution in [-0.2, 0) is 16.1 Å². The number of esters is 1. The van der Waals surface area contributed by atoms with E-state index in [-0.39, 0.29) is 30.1 Å². The second-order valence-electron chi connectivity index (χ2n) is 6.65. The van der Waals surface area contributed by atoms with Crippen LogP contribution in [0.5, 0.6) is 0 Å². The Morgan fingerprint density at radius 2 is 1.90 bits per heavy atom. The third-order valence-corrected chi connectivity index (χ3v) is 4.45. The van der Waals surface area contributed by atoms with E-state index >= 15 is 0 Å². The van der Waals surface area contributed by atoms with Crippen molar-refractivity contribution in [1.82, 2.24) is 19.9 Å². The lowest BCUT2D eigenvalue weighted by Crippen LogP contribution is -2.36. The average molecular weight is 425 g/mol. The number of hydrogen-bond donors (Lipinski definition) is 2. The highest BCUT2D eigenvalue weighted by atomic mass is 19.1. The van der Waals surface area contributed by atoms with Gasteiger partial charge in [0.2, 0.25) is 11.9 Å². The molecule has 0 saturated carbocycles. The summed E-state index contributed by atoms with van der Waals surface area (Å²) in [6, 6.07) is 9.09. The first kappa shape index (κ1) is 20.4. The number of nitrogens with one attached hydrogen (secondary N) is 1. The molecule has 0 aliphatic carbocycles. The number of halogens is 1. The molecule has 10 nitrogen and oxygen atoms in total. The number of ether oxygens (including phenoxy) is 2. The molecule has 31 heavy (non-hydrogen) atoms. The second kappa shape index (κ2) is 9.30. The number of anilines is 4.